The molecular weight excluding hydrogens is 268 g/mol. The van der Waals surface area contributed by atoms with E-state index < -0.39 is 0 Å². The van der Waals surface area contributed by atoms with Crippen LogP contribution in [0.1, 0.15) is 21.8 Å². The quantitative estimate of drug-likeness (QED) is 0.722. The highest BCUT2D eigenvalue weighted by Crippen LogP contribution is 2.21. The van der Waals surface area contributed by atoms with E-state index in [4.69, 9.17) is 10.2 Å². The lowest BCUT2D eigenvalue weighted by atomic mass is 10.1. The van der Waals surface area contributed by atoms with Crippen molar-refractivity contribution in [3.63, 3.8) is 0 Å². The van der Waals surface area contributed by atoms with Gasteiger partial charge in [0.05, 0.1) is 11.8 Å². The number of nitrogens with two attached hydrogens (primary N) is 1. The Labute approximate surface area is 121 Å². The van der Waals surface area contributed by atoms with Crippen molar-refractivity contribution in [2.75, 3.05) is 12.8 Å². The Morgan fingerprint density at radius 2 is 2.24 bits per heavy atom. The second kappa shape index (κ2) is 4.97. The van der Waals surface area contributed by atoms with Crippen LogP contribution >= 0.6 is 0 Å². The smallest absolute Gasteiger partial charge is 0.275 e. The van der Waals surface area contributed by atoms with Crippen LogP contribution in [0, 0.1) is 6.92 Å². The van der Waals surface area contributed by atoms with Gasteiger partial charge in [0, 0.05) is 30.2 Å². The van der Waals surface area contributed by atoms with E-state index in [1.807, 2.05) is 19.1 Å². The number of carbonyl (C=O) groups is 1. The molecule has 0 bridgehead atoms. The monoisotopic (exact) mass is 284 g/mol. The van der Waals surface area contributed by atoms with Crippen LogP contribution < -0.4 is 5.73 Å². The van der Waals surface area contributed by atoms with Crippen LogP contribution in [0.15, 0.2) is 34.9 Å². The van der Waals surface area contributed by atoms with Gasteiger partial charge in [0.2, 0.25) is 0 Å². The number of amides is 1. The average molecular weight is 284 g/mol. The molecule has 6 heteroatoms. The van der Waals surface area contributed by atoms with Crippen molar-refractivity contribution < 1.29 is 9.21 Å². The van der Waals surface area contributed by atoms with E-state index in [1.165, 1.54) is 0 Å². The zero-order valence-electron chi connectivity index (χ0n) is 11.9. The lowest BCUT2D eigenvalue weighted by Gasteiger charge is -2.15. The van der Waals surface area contributed by atoms with Crippen LogP contribution in [-0.2, 0) is 6.54 Å². The molecule has 2 aromatic heterocycles. The van der Waals surface area contributed by atoms with Crippen molar-refractivity contribution in [1.29, 1.82) is 0 Å². The molecule has 0 spiro atoms. The molecule has 0 radical (unpaired) electrons. The first kappa shape index (κ1) is 13.2. The molecule has 1 amide bonds. The molecule has 3 rings (SSSR count). The summed E-state index contributed by atoms with van der Waals surface area (Å²) in [6.07, 6.45) is 1.62. The summed E-state index contributed by atoms with van der Waals surface area (Å²) in [6.45, 7) is 2.34. The maximum Gasteiger partial charge on any atom is 0.275 e. The maximum atomic E-state index is 12.5. The fourth-order valence-corrected chi connectivity index (χ4v) is 2.28. The van der Waals surface area contributed by atoms with E-state index in [2.05, 4.69) is 10.2 Å². The number of nitrogen functional groups attached to an aromatic ring is 1. The summed E-state index contributed by atoms with van der Waals surface area (Å²) >= 11 is 0. The first-order valence-corrected chi connectivity index (χ1v) is 6.58. The minimum Gasteiger partial charge on any atom is -0.469 e. The molecule has 0 aliphatic carbocycles. The molecule has 3 aromatic rings. The topological polar surface area (TPSA) is 88.2 Å². The first-order valence-electron chi connectivity index (χ1n) is 6.58. The van der Waals surface area contributed by atoms with Gasteiger partial charge in [0.1, 0.15) is 5.76 Å². The molecular formula is C15H16N4O2. The number of rotatable bonds is 3. The average Bonchev–Trinajstić information content (AvgIpc) is 3.04. The maximum absolute atomic E-state index is 12.5. The van der Waals surface area contributed by atoms with Gasteiger partial charge in [-0.1, -0.05) is 0 Å². The van der Waals surface area contributed by atoms with Gasteiger partial charge in [-0.3, -0.25) is 9.89 Å². The molecule has 0 aliphatic heterocycles. The predicted octanol–water partition coefficient (Wildman–Crippen LogP) is 2.32. The zero-order valence-corrected chi connectivity index (χ0v) is 11.9. The Morgan fingerprint density at radius 1 is 1.43 bits per heavy atom. The Hall–Kier alpha value is -2.76. The lowest BCUT2D eigenvalue weighted by Crippen LogP contribution is -2.26. The van der Waals surface area contributed by atoms with Gasteiger partial charge in [-0.05, 0) is 31.2 Å². The van der Waals surface area contributed by atoms with Crippen LogP contribution in [0.2, 0.25) is 0 Å². The second-order valence-corrected chi connectivity index (χ2v) is 5.04. The van der Waals surface area contributed by atoms with Crippen LogP contribution in [0.3, 0.4) is 0 Å². The number of aryl methyl sites for hydroxylation is 1. The molecule has 0 aliphatic rings. The van der Waals surface area contributed by atoms with Crippen LogP contribution in [0.5, 0.6) is 0 Å². The van der Waals surface area contributed by atoms with Crippen LogP contribution in [0.4, 0.5) is 5.69 Å². The van der Waals surface area contributed by atoms with E-state index in [0.717, 1.165) is 22.2 Å². The minimum absolute atomic E-state index is 0.160. The highest BCUT2D eigenvalue weighted by molar-refractivity contribution is 6.05. The number of anilines is 1. The summed E-state index contributed by atoms with van der Waals surface area (Å²) in [5.74, 6) is 0.651. The Bertz CT molecular complexity index is 803. The van der Waals surface area contributed by atoms with Crippen LogP contribution in [-0.4, -0.2) is 28.1 Å². The minimum atomic E-state index is -0.160. The second-order valence-electron chi connectivity index (χ2n) is 5.04. The number of carbonyl (C=O) groups excluding carboxylic acids is 1. The molecule has 0 fully saturated rings. The van der Waals surface area contributed by atoms with Crippen LogP contribution in [0.25, 0.3) is 10.9 Å². The molecule has 2 heterocycles. The lowest BCUT2D eigenvalue weighted by molar-refractivity contribution is 0.0780. The van der Waals surface area contributed by atoms with Gasteiger partial charge in [-0.2, -0.15) is 5.10 Å². The number of hydrogen-bond acceptors (Lipinski definition) is 4. The summed E-state index contributed by atoms with van der Waals surface area (Å²) in [4.78, 5) is 14.1. The standard InChI is InChI=1S/C15H16N4O2/c1-9-10(5-6-21-9)8-19(2)15(20)14-12-7-11(16)3-4-13(12)17-18-14/h3-7H,8,16H2,1-2H3,(H,17,18). The fraction of sp³-hybridized carbons (Fsp3) is 0.200. The summed E-state index contributed by atoms with van der Waals surface area (Å²) in [5, 5.41) is 7.70. The SMILES string of the molecule is Cc1occc1CN(C)C(=O)c1n[nH]c2ccc(N)cc12. The van der Waals surface area contributed by atoms with E-state index in [1.54, 1.807) is 30.3 Å². The third-order valence-corrected chi connectivity index (χ3v) is 3.51. The third kappa shape index (κ3) is 2.35. The van der Waals surface area contributed by atoms with Crippen molar-refractivity contribution in [3.05, 3.63) is 47.5 Å². The number of benzene rings is 1. The highest BCUT2D eigenvalue weighted by atomic mass is 16.3. The van der Waals surface area contributed by atoms with Crippen molar-refractivity contribution in [2.45, 2.75) is 13.5 Å². The molecule has 21 heavy (non-hydrogen) atoms. The Morgan fingerprint density at radius 3 is 2.95 bits per heavy atom. The number of H-pyrrole nitrogens is 1. The highest BCUT2D eigenvalue weighted by Gasteiger charge is 2.19. The van der Waals surface area contributed by atoms with Gasteiger partial charge in [0.15, 0.2) is 5.69 Å². The Kier molecular flexibility index (Phi) is 3.13. The van der Waals surface area contributed by atoms with Gasteiger partial charge in [0.25, 0.3) is 5.91 Å². The van der Waals surface area contributed by atoms with E-state index in [-0.39, 0.29) is 5.91 Å². The Balaban J connectivity index is 1.89. The zero-order chi connectivity index (χ0) is 15.0. The van der Waals surface area contributed by atoms with Crippen molar-refractivity contribution in [3.8, 4) is 0 Å². The molecule has 3 N–H and O–H groups in total. The van der Waals surface area contributed by atoms with E-state index in [9.17, 15) is 4.79 Å². The largest absolute Gasteiger partial charge is 0.469 e. The number of nitrogens with one attached hydrogen (secondary N) is 1. The number of aromatic nitrogens is 2. The molecule has 0 unspecified atom stereocenters. The van der Waals surface area contributed by atoms with Crippen molar-refractivity contribution >= 4 is 22.5 Å². The van der Waals surface area contributed by atoms with Crippen molar-refractivity contribution in [2.24, 2.45) is 0 Å². The summed E-state index contributed by atoms with van der Waals surface area (Å²) in [5.41, 5.74) is 8.53. The van der Waals surface area contributed by atoms with Gasteiger partial charge >= 0.3 is 0 Å². The number of fused-ring (bicyclic) bond motifs is 1. The number of hydrogen-bond donors (Lipinski definition) is 2. The molecule has 0 atom stereocenters. The summed E-state index contributed by atoms with van der Waals surface area (Å²) in [6, 6.07) is 7.20. The molecule has 6 nitrogen and oxygen atoms in total. The third-order valence-electron chi connectivity index (χ3n) is 3.51. The van der Waals surface area contributed by atoms with Gasteiger partial charge in [-0.25, -0.2) is 0 Å². The molecule has 0 saturated heterocycles. The number of nitrogens with zero attached hydrogens (tertiary/aromatic N) is 2. The normalized spacial score (nSPS) is 11.0. The first-order chi connectivity index (χ1) is 10.1. The molecule has 0 saturated carbocycles. The summed E-state index contributed by atoms with van der Waals surface area (Å²) in [7, 11) is 1.74. The molecule has 108 valence electrons. The molecule has 1 aromatic carbocycles. The van der Waals surface area contributed by atoms with E-state index >= 15 is 0 Å². The van der Waals surface area contributed by atoms with Crippen molar-refractivity contribution in [1.82, 2.24) is 15.1 Å². The van der Waals surface area contributed by atoms with Gasteiger partial charge < -0.3 is 15.1 Å². The summed E-state index contributed by atoms with van der Waals surface area (Å²) < 4.78 is 5.25. The fourth-order valence-electron chi connectivity index (χ4n) is 2.28. The predicted molar refractivity (Wildman–Crippen MR) is 79.7 cm³/mol. The number of aromatic amines is 1. The number of furan rings is 1. The van der Waals surface area contributed by atoms with E-state index in [0.29, 0.717) is 17.9 Å². The van der Waals surface area contributed by atoms with Gasteiger partial charge in [-0.15, -0.1) is 0 Å².